The maximum absolute atomic E-state index is 4.97. The first-order valence-electron chi connectivity index (χ1n) is 3.77. The van der Waals surface area contributed by atoms with E-state index in [9.17, 15) is 0 Å². The molecule has 0 atom stereocenters. The molecule has 0 aliphatic carbocycles. The SMILES string of the molecule is C[PH+](C)CC[PH+](C)C.[CH3-].[Cl][Ti+]([Cl])[Cl]. The van der Waals surface area contributed by atoms with Crippen LogP contribution in [0, 0.1) is 7.43 Å². The fourth-order valence-corrected chi connectivity index (χ4v) is 4.50. The predicted molar refractivity (Wildman–Crippen MR) is 74.0 cm³/mol. The molecule has 6 heteroatoms. The van der Waals surface area contributed by atoms with Crippen LogP contribution < -0.4 is 0 Å². The summed E-state index contributed by atoms with van der Waals surface area (Å²) in [6.45, 7) is 9.59. The summed E-state index contributed by atoms with van der Waals surface area (Å²) in [5, 5.41) is 0. The zero-order chi connectivity index (χ0) is 10.1. The van der Waals surface area contributed by atoms with Gasteiger partial charge in [0.25, 0.3) is 0 Å². The molecule has 0 fully saturated rings. The second-order valence-corrected chi connectivity index (χ2v) is 16.7. The third-order valence-electron chi connectivity index (χ3n) is 1.12. The summed E-state index contributed by atoms with van der Waals surface area (Å²) < 4.78 is 0. The van der Waals surface area contributed by atoms with E-state index >= 15 is 0 Å². The van der Waals surface area contributed by atoms with Gasteiger partial charge < -0.3 is 7.43 Å². The molecule has 0 aromatic carbocycles. The molecule has 0 spiro atoms. The average Bonchev–Trinajstić information content (AvgIpc) is 1.82. The number of hydrogen-bond acceptors (Lipinski definition) is 0. The second-order valence-electron chi connectivity index (χ2n) is 3.13. The van der Waals surface area contributed by atoms with Crippen LogP contribution in [0.3, 0.4) is 0 Å². The summed E-state index contributed by atoms with van der Waals surface area (Å²) in [5.74, 6) is 0. The first-order chi connectivity index (χ1) is 5.36. The van der Waals surface area contributed by atoms with E-state index in [0.29, 0.717) is 0 Å². The third-order valence-corrected chi connectivity index (χ3v) is 4.12. The van der Waals surface area contributed by atoms with Crippen molar-refractivity contribution in [3.8, 4) is 0 Å². The van der Waals surface area contributed by atoms with Crippen LogP contribution in [0.15, 0.2) is 0 Å². The van der Waals surface area contributed by atoms with Gasteiger partial charge in [-0.3, -0.25) is 0 Å². The Kier molecular flexibility index (Phi) is 23.1. The molecular formula is C7H21Cl3P2Ti+2. The first-order valence-corrected chi connectivity index (χ1v) is 15.6. The van der Waals surface area contributed by atoms with Crippen LogP contribution in [0.25, 0.3) is 0 Å². The van der Waals surface area contributed by atoms with Crippen LogP contribution in [-0.4, -0.2) is 39.0 Å². The van der Waals surface area contributed by atoms with Crippen molar-refractivity contribution in [3.05, 3.63) is 7.43 Å². The van der Waals surface area contributed by atoms with E-state index in [4.69, 9.17) is 27.9 Å². The van der Waals surface area contributed by atoms with Crippen LogP contribution in [0.1, 0.15) is 0 Å². The molecule has 0 aliphatic heterocycles. The predicted octanol–water partition coefficient (Wildman–Crippen LogP) is 4.45. The van der Waals surface area contributed by atoms with Gasteiger partial charge in [-0.15, -0.1) is 0 Å². The first kappa shape index (κ1) is 20.8. The standard InChI is InChI=1S/C6H16P2.CH3.3ClH.Ti/c1-7(2)5-6-8(3)4;;;;;/h5-6H2,1-4H3;1H3;3*1H;/q;-1;;;;+4/p-1. The van der Waals surface area contributed by atoms with Gasteiger partial charge in [0.05, 0.1) is 12.3 Å². The van der Waals surface area contributed by atoms with Gasteiger partial charge in [-0.1, -0.05) is 0 Å². The Morgan fingerprint density at radius 2 is 1.00 bits per heavy atom. The Bertz CT molecular complexity index is 81.1. The van der Waals surface area contributed by atoms with Gasteiger partial charge in [0, 0.05) is 26.7 Å². The normalized spacial score (nSPS) is 9.00. The molecule has 0 aliphatic rings. The zero-order valence-electron chi connectivity index (χ0n) is 9.05. The molecule has 13 heavy (non-hydrogen) atoms. The topological polar surface area (TPSA) is 0 Å². The summed E-state index contributed by atoms with van der Waals surface area (Å²) in [5.41, 5.74) is 0. The molecule has 0 N–H and O–H groups in total. The average molecular weight is 321 g/mol. The molecule has 0 radical (unpaired) electrons. The third kappa shape index (κ3) is 40.4. The van der Waals surface area contributed by atoms with Crippen LogP contribution in [0.2, 0.25) is 0 Å². The second kappa shape index (κ2) is 14.4. The Hall–Kier alpha value is 2.44. The van der Waals surface area contributed by atoms with Crippen LogP contribution in [-0.2, 0) is 14.7 Å². The summed E-state index contributed by atoms with van der Waals surface area (Å²) in [4.78, 5) is 0. The van der Waals surface area contributed by atoms with Crippen LogP contribution in [0.4, 0.5) is 0 Å². The van der Waals surface area contributed by atoms with Gasteiger partial charge in [0.2, 0.25) is 0 Å². The van der Waals surface area contributed by atoms with Gasteiger partial charge in [-0.05, 0) is 15.8 Å². The molecule has 0 unspecified atom stereocenters. The molecule has 0 saturated heterocycles. The quantitative estimate of drug-likeness (QED) is 0.409. The Morgan fingerprint density at radius 1 is 0.846 bits per heavy atom. The Labute approximate surface area is 104 Å². The van der Waals surface area contributed by atoms with Crippen molar-refractivity contribution in [1.82, 2.24) is 0 Å². The monoisotopic (exact) mass is 320 g/mol. The van der Waals surface area contributed by atoms with E-state index in [2.05, 4.69) is 26.7 Å². The van der Waals surface area contributed by atoms with E-state index in [1.54, 1.807) is 0 Å². The summed E-state index contributed by atoms with van der Waals surface area (Å²) in [6, 6.07) is 0. The molecule has 0 rings (SSSR count). The van der Waals surface area contributed by atoms with Gasteiger partial charge >= 0.3 is 42.6 Å². The molecule has 82 valence electrons. The number of halogens is 3. The molecule has 0 saturated carbocycles. The van der Waals surface area contributed by atoms with Crippen molar-refractivity contribution < 1.29 is 14.7 Å². The minimum atomic E-state index is -1.92. The van der Waals surface area contributed by atoms with Crippen molar-refractivity contribution >= 4 is 43.8 Å². The fraction of sp³-hybridized carbons (Fsp3) is 0.857. The van der Waals surface area contributed by atoms with Crippen LogP contribution >= 0.6 is 43.8 Å². The van der Waals surface area contributed by atoms with E-state index in [1.165, 1.54) is 12.3 Å². The zero-order valence-corrected chi connectivity index (χ0v) is 14.9. The summed E-state index contributed by atoms with van der Waals surface area (Å²) >= 11 is -1.92. The van der Waals surface area contributed by atoms with Crippen molar-refractivity contribution in [2.45, 2.75) is 0 Å². The van der Waals surface area contributed by atoms with Crippen LogP contribution in [0.5, 0.6) is 0 Å². The Morgan fingerprint density at radius 3 is 1.08 bits per heavy atom. The van der Waals surface area contributed by atoms with Crippen molar-refractivity contribution in [1.29, 1.82) is 0 Å². The van der Waals surface area contributed by atoms with Gasteiger partial charge in [0.1, 0.15) is 0 Å². The fourth-order valence-electron chi connectivity index (χ4n) is 0.500. The van der Waals surface area contributed by atoms with Crippen molar-refractivity contribution in [2.75, 3.05) is 39.0 Å². The van der Waals surface area contributed by atoms with Gasteiger partial charge in [-0.2, -0.15) is 0 Å². The molecule has 0 nitrogen and oxygen atoms in total. The number of rotatable bonds is 3. The molecule has 0 aromatic rings. The Balaban J connectivity index is -0.000000173. The van der Waals surface area contributed by atoms with Crippen molar-refractivity contribution in [2.24, 2.45) is 0 Å². The van der Waals surface area contributed by atoms with Crippen molar-refractivity contribution in [3.63, 3.8) is 0 Å². The molecule has 0 aromatic heterocycles. The van der Waals surface area contributed by atoms with E-state index in [0.717, 1.165) is 0 Å². The van der Waals surface area contributed by atoms with E-state index < -0.39 is 14.7 Å². The van der Waals surface area contributed by atoms with E-state index in [-0.39, 0.29) is 23.3 Å². The molecule has 0 heterocycles. The molecular weight excluding hydrogens is 300 g/mol. The van der Waals surface area contributed by atoms with Gasteiger partial charge in [0.15, 0.2) is 0 Å². The summed E-state index contributed by atoms with van der Waals surface area (Å²) in [6.07, 6.45) is 3.07. The summed E-state index contributed by atoms with van der Waals surface area (Å²) in [7, 11) is 15.1. The minimum absolute atomic E-state index is 0. The number of hydrogen-bond donors (Lipinski definition) is 0. The van der Waals surface area contributed by atoms with Gasteiger partial charge in [-0.25, -0.2) is 0 Å². The molecule has 0 amide bonds. The molecule has 0 bridgehead atoms. The van der Waals surface area contributed by atoms with E-state index in [1.807, 2.05) is 0 Å². The maximum atomic E-state index is 4.97.